The van der Waals surface area contributed by atoms with Gasteiger partial charge in [0, 0.05) is 36.1 Å². The maximum atomic E-state index is 14.8. The number of rotatable bonds is 4. The first-order valence-corrected chi connectivity index (χ1v) is 9.34. The molecule has 0 saturated carbocycles. The molecular formula is C20H27FN4O3. The van der Waals surface area contributed by atoms with Crippen LogP contribution in [0, 0.1) is 5.82 Å². The normalized spacial score (nSPS) is 16.8. The number of carbonyl (C=O) groups excluding carboxylic acids is 1. The average Bonchev–Trinajstić information content (AvgIpc) is 3.07. The van der Waals surface area contributed by atoms with Crippen LogP contribution in [0.1, 0.15) is 40.0 Å². The number of nitrogens with one attached hydrogen (secondary N) is 1. The van der Waals surface area contributed by atoms with E-state index < -0.39 is 23.0 Å². The number of nitrogen functional groups attached to an aromatic ring is 1. The molecule has 0 spiro atoms. The number of aliphatic hydroxyl groups is 1. The highest BCUT2D eigenvalue weighted by molar-refractivity contribution is 5.81. The van der Waals surface area contributed by atoms with Gasteiger partial charge in [0.2, 0.25) is 0 Å². The molecule has 1 saturated heterocycles. The number of aromatic nitrogens is 2. The van der Waals surface area contributed by atoms with Crippen molar-refractivity contribution in [3.8, 4) is 11.1 Å². The number of esters is 1. The number of H-pyrrole nitrogens is 1. The van der Waals surface area contributed by atoms with E-state index in [1.165, 1.54) is 6.07 Å². The number of ether oxygens (including phenoxy) is 1. The van der Waals surface area contributed by atoms with Crippen LogP contribution in [0.4, 0.5) is 15.8 Å². The second kappa shape index (κ2) is 7.43. The number of aromatic amines is 1. The first-order chi connectivity index (χ1) is 13.1. The average molecular weight is 390 g/mol. The quantitative estimate of drug-likeness (QED) is 0.548. The predicted molar refractivity (Wildman–Crippen MR) is 105 cm³/mol. The fourth-order valence-electron chi connectivity index (χ4n) is 3.53. The smallest absolute Gasteiger partial charge is 0.309 e. The van der Waals surface area contributed by atoms with Crippen LogP contribution in [0.15, 0.2) is 24.5 Å². The third-order valence-corrected chi connectivity index (χ3v) is 4.80. The molecule has 4 N–H and O–H groups in total. The summed E-state index contributed by atoms with van der Waals surface area (Å²) >= 11 is 0. The Labute approximate surface area is 163 Å². The number of anilines is 2. The molecule has 1 fully saturated rings. The summed E-state index contributed by atoms with van der Waals surface area (Å²) in [6.07, 6.45) is 3.89. The van der Waals surface area contributed by atoms with Crippen molar-refractivity contribution < 1.29 is 19.0 Å². The molecule has 7 nitrogen and oxygen atoms in total. The van der Waals surface area contributed by atoms with E-state index in [2.05, 4.69) is 10.2 Å². The van der Waals surface area contributed by atoms with Gasteiger partial charge in [0.15, 0.2) is 0 Å². The largest absolute Gasteiger partial charge is 0.460 e. The lowest BCUT2D eigenvalue weighted by Crippen LogP contribution is -2.46. The van der Waals surface area contributed by atoms with Gasteiger partial charge in [0.25, 0.3) is 0 Å². The van der Waals surface area contributed by atoms with Crippen molar-refractivity contribution in [1.29, 1.82) is 0 Å². The van der Waals surface area contributed by atoms with Crippen molar-refractivity contribution in [1.82, 2.24) is 10.2 Å². The second-order valence-electron chi connectivity index (χ2n) is 8.36. The highest BCUT2D eigenvalue weighted by Crippen LogP contribution is 2.38. The van der Waals surface area contributed by atoms with E-state index in [0.29, 0.717) is 42.9 Å². The molecular weight excluding hydrogens is 363 g/mol. The van der Waals surface area contributed by atoms with Crippen molar-refractivity contribution >= 4 is 17.3 Å². The van der Waals surface area contributed by atoms with E-state index in [1.807, 2.05) is 4.90 Å². The van der Waals surface area contributed by atoms with Crippen molar-refractivity contribution in [2.75, 3.05) is 23.7 Å². The minimum absolute atomic E-state index is 0.0725. The van der Waals surface area contributed by atoms with Gasteiger partial charge in [0.05, 0.1) is 23.9 Å². The Morgan fingerprint density at radius 3 is 2.64 bits per heavy atom. The monoisotopic (exact) mass is 390 g/mol. The number of nitrogens with two attached hydrogens (primary N) is 1. The molecule has 0 unspecified atom stereocenters. The van der Waals surface area contributed by atoms with Crippen LogP contribution in [0.25, 0.3) is 11.1 Å². The molecule has 0 bridgehead atoms. The lowest BCUT2D eigenvalue weighted by atomic mass is 9.87. The van der Waals surface area contributed by atoms with E-state index >= 15 is 0 Å². The van der Waals surface area contributed by atoms with Crippen molar-refractivity contribution in [3.63, 3.8) is 0 Å². The fraction of sp³-hybridized carbons (Fsp3) is 0.500. The van der Waals surface area contributed by atoms with Crippen molar-refractivity contribution in [3.05, 3.63) is 30.3 Å². The Hall–Kier alpha value is -2.61. The molecule has 1 aliphatic rings. The van der Waals surface area contributed by atoms with Gasteiger partial charge in [-0.1, -0.05) is 0 Å². The van der Waals surface area contributed by atoms with Gasteiger partial charge in [-0.2, -0.15) is 5.10 Å². The predicted octanol–water partition coefficient (Wildman–Crippen LogP) is 2.86. The molecule has 3 rings (SSSR count). The zero-order valence-corrected chi connectivity index (χ0v) is 16.5. The van der Waals surface area contributed by atoms with Gasteiger partial charge in [-0.05, 0) is 45.7 Å². The van der Waals surface area contributed by atoms with E-state index in [9.17, 15) is 14.3 Å². The van der Waals surface area contributed by atoms with Gasteiger partial charge in [-0.3, -0.25) is 9.89 Å². The molecule has 1 aromatic heterocycles. The molecule has 0 atom stereocenters. The molecule has 0 amide bonds. The van der Waals surface area contributed by atoms with Gasteiger partial charge in [-0.25, -0.2) is 4.39 Å². The van der Waals surface area contributed by atoms with Crippen LogP contribution < -0.4 is 10.6 Å². The standard InChI is InChI=1S/C20H27FN4O3/c1-19(2,3)28-17(26)10-20(27)4-6-25(7-5-20)18-15(13-11-23-24-12-13)8-14(22)9-16(18)21/h8-9,11-12,27H,4-7,10,22H2,1-3H3,(H,23,24). The number of piperidine rings is 1. The number of benzene rings is 1. The Morgan fingerprint density at radius 2 is 2.07 bits per heavy atom. The SMILES string of the molecule is CC(C)(C)OC(=O)CC1(O)CCN(c2c(F)cc(N)cc2-c2cn[nH]c2)CC1. The summed E-state index contributed by atoms with van der Waals surface area (Å²) in [4.78, 5) is 14.0. The highest BCUT2D eigenvalue weighted by Gasteiger charge is 2.37. The summed E-state index contributed by atoms with van der Waals surface area (Å²) in [5, 5.41) is 17.5. The van der Waals surface area contributed by atoms with Crippen LogP contribution in [0.3, 0.4) is 0 Å². The summed E-state index contributed by atoms with van der Waals surface area (Å²) in [5.41, 5.74) is 6.21. The lowest BCUT2D eigenvalue weighted by Gasteiger charge is -2.40. The topological polar surface area (TPSA) is 104 Å². The van der Waals surface area contributed by atoms with Crippen LogP contribution in [-0.2, 0) is 9.53 Å². The third kappa shape index (κ3) is 4.62. The summed E-state index contributed by atoms with van der Waals surface area (Å²) in [7, 11) is 0. The molecule has 152 valence electrons. The van der Waals surface area contributed by atoms with Crippen LogP contribution in [0.2, 0.25) is 0 Å². The molecule has 2 aromatic rings. The molecule has 2 heterocycles. The molecule has 1 aromatic carbocycles. The van der Waals surface area contributed by atoms with Crippen LogP contribution in [-0.4, -0.2) is 45.6 Å². The maximum Gasteiger partial charge on any atom is 0.309 e. The molecule has 0 radical (unpaired) electrons. The minimum Gasteiger partial charge on any atom is -0.460 e. The zero-order valence-electron chi connectivity index (χ0n) is 16.5. The Balaban J connectivity index is 1.76. The highest BCUT2D eigenvalue weighted by atomic mass is 19.1. The first kappa shape index (κ1) is 20.1. The number of hydrogen-bond donors (Lipinski definition) is 3. The van der Waals surface area contributed by atoms with Crippen molar-refractivity contribution in [2.45, 2.75) is 51.2 Å². The number of halogens is 1. The van der Waals surface area contributed by atoms with E-state index in [1.54, 1.807) is 39.2 Å². The van der Waals surface area contributed by atoms with E-state index in [-0.39, 0.29) is 6.42 Å². The van der Waals surface area contributed by atoms with E-state index in [4.69, 9.17) is 10.5 Å². The minimum atomic E-state index is -1.15. The molecule has 8 heteroatoms. The molecule has 1 aliphatic heterocycles. The summed E-state index contributed by atoms with van der Waals surface area (Å²) in [6.45, 7) is 6.19. The third-order valence-electron chi connectivity index (χ3n) is 4.80. The molecule has 0 aliphatic carbocycles. The Morgan fingerprint density at radius 1 is 1.39 bits per heavy atom. The van der Waals surface area contributed by atoms with Crippen LogP contribution in [0.5, 0.6) is 0 Å². The van der Waals surface area contributed by atoms with Gasteiger partial charge in [-0.15, -0.1) is 0 Å². The van der Waals surface area contributed by atoms with Crippen molar-refractivity contribution in [2.24, 2.45) is 0 Å². The van der Waals surface area contributed by atoms with E-state index in [0.717, 1.165) is 5.56 Å². The number of nitrogens with zero attached hydrogens (tertiary/aromatic N) is 2. The molecule has 28 heavy (non-hydrogen) atoms. The van der Waals surface area contributed by atoms with Gasteiger partial charge in [0.1, 0.15) is 11.4 Å². The second-order valence-corrected chi connectivity index (χ2v) is 8.36. The number of carbonyl (C=O) groups is 1. The summed E-state index contributed by atoms with van der Waals surface area (Å²) < 4.78 is 20.1. The maximum absolute atomic E-state index is 14.8. The number of hydrogen-bond acceptors (Lipinski definition) is 6. The lowest BCUT2D eigenvalue weighted by molar-refractivity contribution is -0.161. The zero-order chi connectivity index (χ0) is 20.5. The van der Waals surface area contributed by atoms with Crippen LogP contribution >= 0.6 is 0 Å². The van der Waals surface area contributed by atoms with Gasteiger partial charge < -0.3 is 20.5 Å². The Kier molecular flexibility index (Phi) is 5.34. The summed E-state index contributed by atoms with van der Waals surface area (Å²) in [6, 6.07) is 3.01. The summed E-state index contributed by atoms with van der Waals surface area (Å²) in [5.74, 6) is -0.852. The van der Waals surface area contributed by atoms with Gasteiger partial charge >= 0.3 is 5.97 Å². The fourth-order valence-corrected chi connectivity index (χ4v) is 3.53. The first-order valence-electron chi connectivity index (χ1n) is 9.34. The Bertz CT molecular complexity index is 838.